The van der Waals surface area contributed by atoms with Gasteiger partial charge in [-0.3, -0.25) is 0 Å². The molecule has 0 radical (unpaired) electrons. The zero-order chi connectivity index (χ0) is 14.9. The van der Waals surface area contributed by atoms with Gasteiger partial charge in [0.15, 0.2) is 11.5 Å². The summed E-state index contributed by atoms with van der Waals surface area (Å²) in [7, 11) is 3.27. The maximum Gasteiger partial charge on any atom is 0.161 e. The van der Waals surface area contributed by atoms with Gasteiger partial charge in [0.1, 0.15) is 0 Å². The van der Waals surface area contributed by atoms with Gasteiger partial charge in [-0.2, -0.15) is 0 Å². The molecule has 1 spiro atoms. The highest BCUT2D eigenvalue weighted by atomic mass is 16.5. The molecule has 0 heterocycles. The van der Waals surface area contributed by atoms with Crippen molar-refractivity contribution >= 4 is 0 Å². The molecule has 3 nitrogen and oxygen atoms in total. The van der Waals surface area contributed by atoms with Crippen LogP contribution < -0.4 is 9.47 Å². The van der Waals surface area contributed by atoms with E-state index in [0.717, 1.165) is 31.2 Å². The molecule has 2 aliphatic carbocycles. The molecule has 0 bridgehead atoms. The van der Waals surface area contributed by atoms with Crippen LogP contribution in [0, 0.1) is 5.41 Å². The van der Waals surface area contributed by atoms with Crippen LogP contribution in [0.25, 0.3) is 0 Å². The van der Waals surface area contributed by atoms with Crippen LogP contribution in [-0.2, 0) is 5.60 Å². The first-order valence-electron chi connectivity index (χ1n) is 8.06. The van der Waals surface area contributed by atoms with Crippen LogP contribution >= 0.6 is 0 Å². The lowest BCUT2D eigenvalue weighted by atomic mass is 9.66. The molecule has 2 saturated carbocycles. The number of methoxy groups -OCH3 is 2. The van der Waals surface area contributed by atoms with Crippen molar-refractivity contribution in [1.82, 2.24) is 0 Å². The summed E-state index contributed by atoms with van der Waals surface area (Å²) in [5.41, 5.74) is 0.795. The molecule has 0 unspecified atom stereocenters. The van der Waals surface area contributed by atoms with Gasteiger partial charge in [-0.05, 0) is 61.6 Å². The zero-order valence-corrected chi connectivity index (χ0v) is 13.2. The Morgan fingerprint density at radius 2 is 1.48 bits per heavy atom. The van der Waals surface area contributed by atoms with Gasteiger partial charge in [0.25, 0.3) is 0 Å². The standard InChI is InChI=1S/C18H26O3/c1-20-15-6-5-14(13-16(15)21-2)18(19)11-9-17(10-12-18)7-3-4-8-17/h5-6,13,19H,3-4,7-12H2,1-2H3. The minimum Gasteiger partial charge on any atom is -0.493 e. The Bertz CT molecular complexity index is 493. The molecule has 2 aliphatic rings. The van der Waals surface area contributed by atoms with Crippen molar-refractivity contribution < 1.29 is 14.6 Å². The summed E-state index contributed by atoms with van der Waals surface area (Å²) in [6, 6.07) is 5.81. The van der Waals surface area contributed by atoms with Crippen molar-refractivity contribution in [2.75, 3.05) is 14.2 Å². The third-order valence-electron chi connectivity index (χ3n) is 5.72. The SMILES string of the molecule is COc1ccc(C2(O)CCC3(CCCC3)CC2)cc1OC. The molecule has 2 fully saturated rings. The van der Waals surface area contributed by atoms with Crippen LogP contribution in [0.5, 0.6) is 11.5 Å². The van der Waals surface area contributed by atoms with E-state index < -0.39 is 5.60 Å². The maximum atomic E-state index is 11.1. The molecule has 0 amide bonds. The molecule has 1 aromatic carbocycles. The molecule has 116 valence electrons. The fraction of sp³-hybridized carbons (Fsp3) is 0.667. The molecule has 1 aromatic rings. The number of benzene rings is 1. The van der Waals surface area contributed by atoms with E-state index in [4.69, 9.17) is 9.47 Å². The predicted molar refractivity (Wildman–Crippen MR) is 82.8 cm³/mol. The number of rotatable bonds is 3. The van der Waals surface area contributed by atoms with E-state index >= 15 is 0 Å². The van der Waals surface area contributed by atoms with Crippen molar-refractivity contribution in [1.29, 1.82) is 0 Å². The van der Waals surface area contributed by atoms with Crippen LogP contribution in [0.15, 0.2) is 18.2 Å². The molecule has 1 N–H and O–H groups in total. The maximum absolute atomic E-state index is 11.1. The molecule has 0 aliphatic heterocycles. The van der Waals surface area contributed by atoms with Crippen LogP contribution in [0.3, 0.4) is 0 Å². The first-order valence-corrected chi connectivity index (χ1v) is 8.06. The third kappa shape index (κ3) is 2.64. The van der Waals surface area contributed by atoms with E-state index in [1.54, 1.807) is 14.2 Å². The molecule has 3 rings (SSSR count). The molecule has 0 atom stereocenters. The van der Waals surface area contributed by atoms with E-state index in [-0.39, 0.29) is 0 Å². The number of aliphatic hydroxyl groups is 1. The summed E-state index contributed by atoms with van der Waals surface area (Å²) in [4.78, 5) is 0. The largest absolute Gasteiger partial charge is 0.493 e. The normalized spacial score (nSPS) is 23.2. The summed E-state index contributed by atoms with van der Waals surface area (Å²) in [6.45, 7) is 0. The zero-order valence-electron chi connectivity index (χ0n) is 13.2. The van der Waals surface area contributed by atoms with E-state index in [1.807, 2.05) is 18.2 Å². The highest BCUT2D eigenvalue weighted by Crippen LogP contribution is 2.53. The van der Waals surface area contributed by atoms with Crippen molar-refractivity contribution in [2.24, 2.45) is 5.41 Å². The van der Waals surface area contributed by atoms with Crippen LogP contribution in [0.1, 0.15) is 56.9 Å². The predicted octanol–water partition coefficient (Wildman–Crippen LogP) is 4.03. The molecular weight excluding hydrogens is 264 g/mol. The van der Waals surface area contributed by atoms with Crippen LogP contribution in [-0.4, -0.2) is 19.3 Å². The molecule has 0 aromatic heterocycles. The van der Waals surface area contributed by atoms with Crippen LogP contribution in [0.4, 0.5) is 0 Å². The van der Waals surface area contributed by atoms with Gasteiger partial charge < -0.3 is 14.6 Å². The summed E-state index contributed by atoms with van der Waals surface area (Å²) >= 11 is 0. The minimum atomic E-state index is -0.701. The van der Waals surface area contributed by atoms with Crippen molar-refractivity contribution in [3.63, 3.8) is 0 Å². The second kappa shape index (κ2) is 5.53. The summed E-state index contributed by atoms with van der Waals surface area (Å²) < 4.78 is 10.7. The van der Waals surface area contributed by atoms with Gasteiger partial charge in [-0.1, -0.05) is 18.9 Å². The quantitative estimate of drug-likeness (QED) is 0.913. The average Bonchev–Trinajstić information content (AvgIpc) is 2.98. The lowest BCUT2D eigenvalue weighted by Crippen LogP contribution is -2.36. The van der Waals surface area contributed by atoms with E-state index in [0.29, 0.717) is 16.9 Å². The van der Waals surface area contributed by atoms with Gasteiger partial charge in [-0.15, -0.1) is 0 Å². The van der Waals surface area contributed by atoms with Crippen molar-refractivity contribution in [2.45, 2.75) is 57.0 Å². The second-order valence-corrected chi connectivity index (χ2v) is 6.81. The Hall–Kier alpha value is -1.22. The highest BCUT2D eigenvalue weighted by Gasteiger charge is 2.43. The monoisotopic (exact) mass is 290 g/mol. The second-order valence-electron chi connectivity index (χ2n) is 6.81. The fourth-order valence-corrected chi connectivity index (χ4v) is 4.23. The summed E-state index contributed by atoms with van der Waals surface area (Å²) in [6.07, 6.45) is 9.48. The van der Waals surface area contributed by atoms with Crippen molar-refractivity contribution in [3.05, 3.63) is 23.8 Å². The molecular formula is C18H26O3. The smallest absolute Gasteiger partial charge is 0.161 e. The Morgan fingerprint density at radius 1 is 0.857 bits per heavy atom. The minimum absolute atomic E-state index is 0.531. The van der Waals surface area contributed by atoms with E-state index in [2.05, 4.69) is 0 Å². The third-order valence-corrected chi connectivity index (χ3v) is 5.72. The fourth-order valence-electron chi connectivity index (χ4n) is 4.23. The first kappa shape index (κ1) is 14.7. The Kier molecular flexibility index (Phi) is 3.87. The van der Waals surface area contributed by atoms with E-state index in [1.165, 1.54) is 25.7 Å². The van der Waals surface area contributed by atoms with Crippen molar-refractivity contribution in [3.8, 4) is 11.5 Å². The summed E-state index contributed by atoms with van der Waals surface area (Å²) in [5.74, 6) is 1.41. The Morgan fingerprint density at radius 3 is 2.05 bits per heavy atom. The highest BCUT2D eigenvalue weighted by molar-refractivity contribution is 5.44. The topological polar surface area (TPSA) is 38.7 Å². The molecule has 0 saturated heterocycles. The number of ether oxygens (including phenoxy) is 2. The van der Waals surface area contributed by atoms with E-state index in [9.17, 15) is 5.11 Å². The summed E-state index contributed by atoms with van der Waals surface area (Å²) in [5, 5.41) is 11.1. The lowest BCUT2D eigenvalue weighted by Gasteiger charge is -2.42. The molecule has 3 heteroatoms. The number of hydrogen-bond acceptors (Lipinski definition) is 3. The molecule has 21 heavy (non-hydrogen) atoms. The van der Waals surface area contributed by atoms with Gasteiger partial charge in [0.05, 0.1) is 19.8 Å². The Balaban J connectivity index is 1.80. The van der Waals surface area contributed by atoms with Gasteiger partial charge in [-0.25, -0.2) is 0 Å². The van der Waals surface area contributed by atoms with Gasteiger partial charge >= 0.3 is 0 Å². The first-order chi connectivity index (χ1) is 10.1. The van der Waals surface area contributed by atoms with Gasteiger partial charge in [0, 0.05) is 0 Å². The lowest BCUT2D eigenvalue weighted by molar-refractivity contribution is -0.0377. The van der Waals surface area contributed by atoms with Crippen LogP contribution in [0.2, 0.25) is 0 Å². The Labute approximate surface area is 127 Å². The van der Waals surface area contributed by atoms with Gasteiger partial charge in [0.2, 0.25) is 0 Å². The average molecular weight is 290 g/mol. The number of hydrogen-bond donors (Lipinski definition) is 1.